The molecule has 1 heterocycles. The van der Waals surface area contributed by atoms with E-state index in [4.69, 9.17) is 0 Å². The minimum atomic E-state index is -0.209. The zero-order chi connectivity index (χ0) is 11.5. The Balaban J connectivity index is 2.11. The van der Waals surface area contributed by atoms with Gasteiger partial charge in [-0.05, 0) is 31.0 Å². The molecule has 1 aliphatic heterocycles. The molecule has 16 heavy (non-hydrogen) atoms. The van der Waals surface area contributed by atoms with E-state index in [1.807, 2.05) is 11.0 Å². The van der Waals surface area contributed by atoms with Crippen LogP contribution in [0.4, 0.5) is 10.1 Å². The first-order valence-electron chi connectivity index (χ1n) is 5.36. The number of nitrogens with zero attached hydrogens (tertiary/aromatic N) is 1. The second kappa shape index (κ2) is 4.95. The van der Waals surface area contributed by atoms with E-state index in [0.717, 1.165) is 36.7 Å². The van der Waals surface area contributed by atoms with Gasteiger partial charge in [0.1, 0.15) is 12.1 Å². The molecule has 1 aromatic carbocycles. The number of hydrogen-bond donors (Lipinski definition) is 0. The third kappa shape index (κ3) is 2.43. The number of carbonyl (C=O) groups excluding carboxylic acids is 1. The maximum atomic E-state index is 13.7. The number of anilines is 1. The van der Waals surface area contributed by atoms with Crippen molar-refractivity contribution in [3.8, 4) is 0 Å². The fraction of sp³-hybridized carbons (Fsp3) is 0.417. The number of aldehydes is 1. The van der Waals surface area contributed by atoms with Crippen LogP contribution >= 0.6 is 15.9 Å². The molecule has 1 aromatic rings. The van der Waals surface area contributed by atoms with Gasteiger partial charge in [0.2, 0.25) is 0 Å². The summed E-state index contributed by atoms with van der Waals surface area (Å²) in [4.78, 5) is 12.6. The molecule has 86 valence electrons. The van der Waals surface area contributed by atoms with Crippen molar-refractivity contribution in [3.05, 3.63) is 28.5 Å². The Hall–Kier alpha value is -0.900. The molecular formula is C12H13BrFNO. The van der Waals surface area contributed by atoms with Crippen molar-refractivity contribution < 1.29 is 9.18 Å². The van der Waals surface area contributed by atoms with Gasteiger partial charge >= 0.3 is 0 Å². The first kappa shape index (κ1) is 11.6. The maximum absolute atomic E-state index is 13.7. The van der Waals surface area contributed by atoms with Crippen LogP contribution in [0.5, 0.6) is 0 Å². The molecule has 0 aliphatic carbocycles. The van der Waals surface area contributed by atoms with Crippen molar-refractivity contribution in [3.63, 3.8) is 0 Å². The standard InChI is InChI=1S/C12H13BrFNO/c13-10-1-2-12(11(14)7-10)15-5-3-9(8-16)4-6-15/h1-2,7-9H,3-6H2. The Labute approximate surface area is 103 Å². The zero-order valence-electron chi connectivity index (χ0n) is 8.83. The van der Waals surface area contributed by atoms with E-state index in [9.17, 15) is 9.18 Å². The zero-order valence-corrected chi connectivity index (χ0v) is 10.4. The van der Waals surface area contributed by atoms with E-state index in [-0.39, 0.29) is 11.7 Å². The first-order valence-corrected chi connectivity index (χ1v) is 6.15. The van der Waals surface area contributed by atoms with E-state index in [1.54, 1.807) is 6.07 Å². The lowest BCUT2D eigenvalue weighted by Gasteiger charge is -2.31. The summed E-state index contributed by atoms with van der Waals surface area (Å²) in [5.74, 6) is -0.0614. The van der Waals surface area contributed by atoms with E-state index in [0.29, 0.717) is 5.69 Å². The average Bonchev–Trinajstić information content (AvgIpc) is 2.29. The van der Waals surface area contributed by atoms with Crippen LogP contribution in [0.25, 0.3) is 0 Å². The largest absolute Gasteiger partial charge is 0.369 e. The molecule has 2 rings (SSSR count). The van der Waals surface area contributed by atoms with Crippen LogP contribution in [0.15, 0.2) is 22.7 Å². The summed E-state index contributed by atoms with van der Waals surface area (Å²) in [6.07, 6.45) is 2.65. The summed E-state index contributed by atoms with van der Waals surface area (Å²) in [5.41, 5.74) is 0.632. The molecule has 0 aromatic heterocycles. The minimum Gasteiger partial charge on any atom is -0.369 e. The van der Waals surface area contributed by atoms with Crippen LogP contribution in [0, 0.1) is 11.7 Å². The van der Waals surface area contributed by atoms with Gasteiger partial charge in [-0.1, -0.05) is 15.9 Å². The van der Waals surface area contributed by atoms with Gasteiger partial charge in [0.15, 0.2) is 0 Å². The van der Waals surface area contributed by atoms with Gasteiger partial charge in [0, 0.05) is 23.5 Å². The Morgan fingerprint density at radius 3 is 2.62 bits per heavy atom. The molecule has 1 fully saturated rings. The van der Waals surface area contributed by atoms with Crippen LogP contribution in [0.3, 0.4) is 0 Å². The molecule has 0 amide bonds. The number of carbonyl (C=O) groups is 1. The molecule has 0 N–H and O–H groups in total. The van der Waals surface area contributed by atoms with Crippen molar-refractivity contribution in [1.82, 2.24) is 0 Å². The summed E-state index contributed by atoms with van der Waals surface area (Å²) in [7, 11) is 0. The van der Waals surface area contributed by atoms with Crippen LogP contribution in [0.2, 0.25) is 0 Å². The Morgan fingerprint density at radius 1 is 1.38 bits per heavy atom. The number of halogens is 2. The van der Waals surface area contributed by atoms with Crippen LogP contribution in [0.1, 0.15) is 12.8 Å². The van der Waals surface area contributed by atoms with E-state index in [1.165, 1.54) is 6.07 Å². The van der Waals surface area contributed by atoms with E-state index in [2.05, 4.69) is 15.9 Å². The maximum Gasteiger partial charge on any atom is 0.147 e. The Morgan fingerprint density at radius 2 is 2.06 bits per heavy atom. The third-order valence-electron chi connectivity index (χ3n) is 2.98. The Bertz CT molecular complexity index is 389. The van der Waals surface area contributed by atoms with Crippen molar-refractivity contribution >= 4 is 27.9 Å². The normalized spacial score (nSPS) is 17.5. The quantitative estimate of drug-likeness (QED) is 0.779. The van der Waals surface area contributed by atoms with Crippen molar-refractivity contribution in [2.75, 3.05) is 18.0 Å². The molecule has 0 bridgehead atoms. The lowest BCUT2D eigenvalue weighted by Crippen LogP contribution is -2.34. The van der Waals surface area contributed by atoms with Crippen molar-refractivity contribution in [2.45, 2.75) is 12.8 Å². The van der Waals surface area contributed by atoms with Crippen molar-refractivity contribution in [1.29, 1.82) is 0 Å². The second-order valence-electron chi connectivity index (χ2n) is 4.06. The molecule has 1 aliphatic rings. The lowest BCUT2D eigenvalue weighted by atomic mass is 9.98. The predicted octanol–water partition coefficient (Wildman–Crippen LogP) is 3.00. The van der Waals surface area contributed by atoms with Gasteiger partial charge in [-0.3, -0.25) is 0 Å². The lowest BCUT2D eigenvalue weighted by molar-refractivity contribution is -0.111. The summed E-state index contributed by atoms with van der Waals surface area (Å²) < 4.78 is 14.4. The molecule has 1 saturated heterocycles. The van der Waals surface area contributed by atoms with Gasteiger partial charge in [-0.15, -0.1) is 0 Å². The van der Waals surface area contributed by atoms with Gasteiger partial charge in [0.25, 0.3) is 0 Å². The highest BCUT2D eigenvalue weighted by molar-refractivity contribution is 9.10. The van der Waals surface area contributed by atoms with E-state index >= 15 is 0 Å². The molecule has 0 saturated carbocycles. The molecular weight excluding hydrogens is 273 g/mol. The first-order chi connectivity index (χ1) is 7.70. The molecule has 4 heteroatoms. The van der Waals surface area contributed by atoms with Gasteiger partial charge in [-0.2, -0.15) is 0 Å². The molecule has 0 atom stereocenters. The second-order valence-corrected chi connectivity index (χ2v) is 4.97. The molecule has 2 nitrogen and oxygen atoms in total. The van der Waals surface area contributed by atoms with Gasteiger partial charge < -0.3 is 9.69 Å². The number of hydrogen-bond acceptors (Lipinski definition) is 2. The third-order valence-corrected chi connectivity index (χ3v) is 3.48. The summed E-state index contributed by atoms with van der Waals surface area (Å²) in [6, 6.07) is 5.09. The van der Waals surface area contributed by atoms with Crippen LogP contribution in [-0.2, 0) is 4.79 Å². The predicted molar refractivity (Wildman–Crippen MR) is 65.1 cm³/mol. The van der Waals surface area contributed by atoms with Crippen LogP contribution in [-0.4, -0.2) is 19.4 Å². The van der Waals surface area contributed by atoms with Crippen molar-refractivity contribution in [2.24, 2.45) is 5.92 Å². The summed E-state index contributed by atoms with van der Waals surface area (Å²) in [5, 5.41) is 0. The molecule has 0 spiro atoms. The molecule has 0 radical (unpaired) electrons. The number of piperidine rings is 1. The average molecular weight is 286 g/mol. The topological polar surface area (TPSA) is 20.3 Å². The molecule has 0 unspecified atom stereocenters. The monoisotopic (exact) mass is 285 g/mol. The fourth-order valence-corrected chi connectivity index (χ4v) is 2.35. The van der Waals surface area contributed by atoms with Crippen LogP contribution < -0.4 is 4.90 Å². The highest BCUT2D eigenvalue weighted by Gasteiger charge is 2.20. The Kier molecular flexibility index (Phi) is 3.59. The van der Waals surface area contributed by atoms with E-state index < -0.39 is 0 Å². The number of benzene rings is 1. The van der Waals surface area contributed by atoms with Gasteiger partial charge in [0.05, 0.1) is 5.69 Å². The smallest absolute Gasteiger partial charge is 0.147 e. The minimum absolute atomic E-state index is 0.148. The van der Waals surface area contributed by atoms with Gasteiger partial charge in [-0.25, -0.2) is 4.39 Å². The SMILES string of the molecule is O=CC1CCN(c2ccc(Br)cc2F)CC1. The highest BCUT2D eigenvalue weighted by atomic mass is 79.9. The highest BCUT2D eigenvalue weighted by Crippen LogP contribution is 2.26. The summed E-state index contributed by atoms with van der Waals surface area (Å²) >= 11 is 3.24. The fourth-order valence-electron chi connectivity index (χ4n) is 2.01. The summed E-state index contributed by atoms with van der Waals surface area (Å²) in [6.45, 7) is 1.50. The number of rotatable bonds is 2.